The first kappa shape index (κ1) is 37.8. The highest BCUT2D eigenvalue weighted by molar-refractivity contribution is 6.38. The van der Waals surface area contributed by atoms with Gasteiger partial charge in [-0.15, -0.1) is 18.9 Å². The molecule has 2 aliphatic carbocycles. The van der Waals surface area contributed by atoms with Crippen LogP contribution in [0.2, 0.25) is 0 Å². The molecule has 1 saturated heterocycles. The number of rotatable bonds is 15. The van der Waals surface area contributed by atoms with Gasteiger partial charge in [0.15, 0.2) is 0 Å². The van der Waals surface area contributed by atoms with Crippen LogP contribution < -0.4 is 16.0 Å². The molecule has 4 atom stereocenters. The molecule has 3 aliphatic rings. The number of amides is 2. The van der Waals surface area contributed by atoms with Gasteiger partial charge in [-0.2, -0.15) is 0 Å². The molecule has 0 radical (unpaired) electrons. The number of nitrogens with zero attached hydrogens (tertiary/aromatic N) is 2. The summed E-state index contributed by atoms with van der Waals surface area (Å²) in [7, 11) is 1.81. The Bertz CT molecular complexity index is 1140. The summed E-state index contributed by atoms with van der Waals surface area (Å²) in [4.78, 5) is 41.5. The number of hydroxylamine groups is 3. The van der Waals surface area contributed by atoms with Crippen LogP contribution in [0.25, 0.3) is 0 Å². The summed E-state index contributed by atoms with van der Waals surface area (Å²) in [5.74, 6) is 0.759. The lowest BCUT2D eigenvalue weighted by molar-refractivity contribution is -0.911. The Labute approximate surface area is 278 Å². The van der Waals surface area contributed by atoms with Crippen LogP contribution in [0.1, 0.15) is 118 Å². The molecule has 3 N–H and O–H groups in total. The summed E-state index contributed by atoms with van der Waals surface area (Å²) in [6.07, 6.45) is 19.7. The number of quaternary nitrogens is 1. The van der Waals surface area contributed by atoms with E-state index in [-0.39, 0.29) is 46.9 Å². The molecule has 9 nitrogen and oxygen atoms in total. The van der Waals surface area contributed by atoms with Gasteiger partial charge >= 0.3 is 0 Å². The number of terminal acetylenes is 1. The minimum absolute atomic E-state index is 0.0774. The predicted octanol–water partition coefficient (Wildman–Crippen LogP) is 5.11. The van der Waals surface area contributed by atoms with Crippen molar-refractivity contribution in [1.29, 1.82) is 0 Å². The maximum Gasteiger partial charge on any atom is 0.289 e. The number of ketones is 1. The Morgan fingerprint density at radius 1 is 1.09 bits per heavy atom. The molecule has 2 amide bonds. The molecule has 258 valence electrons. The van der Waals surface area contributed by atoms with Gasteiger partial charge < -0.3 is 25.4 Å². The molecule has 9 heteroatoms. The SMILES string of the molecule is C#CCCC(NC(=O)C1CCCN1C(=C)C(NC1(C[N+](C)([O-])C(C)(C)C)CCCCC1)C1(C)CCCCC1)C(=O)C(=O)NCC=C. The Kier molecular flexibility index (Phi) is 13.1. The maximum atomic E-state index is 14.1. The maximum absolute atomic E-state index is 14.1. The van der Waals surface area contributed by atoms with E-state index in [0.29, 0.717) is 19.5 Å². The Morgan fingerprint density at radius 2 is 1.70 bits per heavy atom. The fourth-order valence-corrected chi connectivity index (χ4v) is 7.73. The number of Topliss-reactive ketones (excluding diaryl/α,β-unsaturated/α-hetero) is 1. The smallest absolute Gasteiger partial charge is 0.289 e. The van der Waals surface area contributed by atoms with E-state index >= 15 is 0 Å². The van der Waals surface area contributed by atoms with Crippen molar-refractivity contribution in [2.75, 3.05) is 26.7 Å². The molecule has 3 rings (SSSR count). The van der Waals surface area contributed by atoms with Gasteiger partial charge in [-0.25, -0.2) is 0 Å². The van der Waals surface area contributed by atoms with Gasteiger partial charge in [0.2, 0.25) is 11.7 Å². The second kappa shape index (κ2) is 16.0. The minimum Gasteiger partial charge on any atom is -0.633 e. The van der Waals surface area contributed by atoms with E-state index < -0.39 is 29.3 Å². The van der Waals surface area contributed by atoms with Crippen LogP contribution in [-0.4, -0.2) is 83.0 Å². The van der Waals surface area contributed by atoms with E-state index in [0.717, 1.165) is 63.5 Å². The van der Waals surface area contributed by atoms with E-state index in [1.54, 1.807) is 7.05 Å². The van der Waals surface area contributed by atoms with E-state index in [4.69, 9.17) is 13.0 Å². The van der Waals surface area contributed by atoms with Crippen LogP contribution in [0.4, 0.5) is 0 Å². The van der Waals surface area contributed by atoms with Gasteiger partial charge in [-0.1, -0.05) is 58.1 Å². The van der Waals surface area contributed by atoms with Crippen molar-refractivity contribution in [2.45, 2.75) is 147 Å². The second-order valence-corrected chi connectivity index (χ2v) is 15.6. The van der Waals surface area contributed by atoms with Crippen molar-refractivity contribution >= 4 is 17.6 Å². The average Bonchev–Trinajstić information content (AvgIpc) is 3.50. The summed E-state index contributed by atoms with van der Waals surface area (Å²) < 4.78 is -0.335. The van der Waals surface area contributed by atoms with Crippen LogP contribution in [0.5, 0.6) is 0 Å². The Balaban J connectivity index is 1.91. The van der Waals surface area contributed by atoms with Crippen molar-refractivity contribution in [1.82, 2.24) is 20.9 Å². The van der Waals surface area contributed by atoms with Crippen LogP contribution in [-0.2, 0) is 14.4 Å². The first-order valence-corrected chi connectivity index (χ1v) is 17.6. The molecule has 3 fully saturated rings. The zero-order valence-electron chi connectivity index (χ0n) is 29.3. The first-order chi connectivity index (χ1) is 21.6. The zero-order valence-corrected chi connectivity index (χ0v) is 29.3. The fraction of sp³-hybridized carbons (Fsp3) is 0.757. The molecule has 0 aromatic carbocycles. The third-order valence-corrected chi connectivity index (χ3v) is 11.1. The molecule has 2 saturated carbocycles. The van der Waals surface area contributed by atoms with Crippen molar-refractivity contribution in [3.05, 3.63) is 30.1 Å². The van der Waals surface area contributed by atoms with E-state index in [2.05, 4.69) is 40.3 Å². The van der Waals surface area contributed by atoms with Gasteiger partial charge in [-0.3, -0.25) is 19.7 Å². The lowest BCUT2D eigenvalue weighted by Gasteiger charge is -2.57. The summed E-state index contributed by atoms with van der Waals surface area (Å²) in [6, 6.07) is -1.63. The van der Waals surface area contributed by atoms with Gasteiger partial charge in [-0.05, 0) is 71.1 Å². The highest BCUT2D eigenvalue weighted by Gasteiger charge is 2.48. The minimum atomic E-state index is -1.01. The number of nitrogens with one attached hydrogen (secondary N) is 3. The number of hydrogen-bond acceptors (Lipinski definition) is 6. The Hall–Kier alpha value is -2.67. The summed E-state index contributed by atoms with van der Waals surface area (Å²) in [5, 5.41) is 23.6. The van der Waals surface area contributed by atoms with E-state index in [1.807, 2.05) is 20.8 Å². The third kappa shape index (κ3) is 9.23. The van der Waals surface area contributed by atoms with E-state index in [9.17, 15) is 19.6 Å². The number of likely N-dealkylation sites (tertiary alicyclic amines) is 1. The highest BCUT2D eigenvalue weighted by atomic mass is 16.5. The molecule has 0 aromatic rings. The quantitative estimate of drug-likeness (QED) is 0.0755. The molecule has 46 heavy (non-hydrogen) atoms. The van der Waals surface area contributed by atoms with Crippen LogP contribution in [0.3, 0.4) is 0 Å². The lowest BCUT2D eigenvalue weighted by Crippen LogP contribution is -2.68. The molecule has 0 spiro atoms. The van der Waals surface area contributed by atoms with Crippen LogP contribution in [0.15, 0.2) is 24.9 Å². The summed E-state index contributed by atoms with van der Waals surface area (Å²) in [5.41, 5.74) is 0.0186. The van der Waals surface area contributed by atoms with Crippen LogP contribution >= 0.6 is 0 Å². The monoisotopic (exact) mass is 639 g/mol. The van der Waals surface area contributed by atoms with Gasteiger partial charge in [0, 0.05) is 25.2 Å². The molecule has 1 aliphatic heterocycles. The highest BCUT2D eigenvalue weighted by Crippen LogP contribution is 2.45. The first-order valence-electron chi connectivity index (χ1n) is 17.6. The average molecular weight is 640 g/mol. The standard InChI is InChI=1S/C37H61N5O4/c1-9-11-19-29(31(43)34(45)38-25-10-2)39-33(44)30-20-18-26-41(30)28(3)32(36(7)21-14-12-15-22-36)40-37(23-16-13-17-24-37)27-42(8,46)35(4,5)6/h1,10,29-30,32,40H,2-3,11-27H2,4-8H3,(H,38,45)(H,39,44). The normalized spacial score (nSPS) is 23.7. The molecule has 0 aromatic heterocycles. The van der Waals surface area contributed by atoms with Crippen molar-refractivity contribution in [2.24, 2.45) is 5.41 Å². The largest absolute Gasteiger partial charge is 0.633 e. The molecule has 4 unspecified atom stereocenters. The lowest BCUT2D eigenvalue weighted by atomic mass is 9.68. The topological polar surface area (TPSA) is 114 Å². The predicted molar refractivity (Wildman–Crippen MR) is 185 cm³/mol. The van der Waals surface area contributed by atoms with Crippen molar-refractivity contribution in [3.63, 3.8) is 0 Å². The number of likely N-dealkylation sites (N-methyl/N-ethyl adjacent to an activating group) is 1. The fourth-order valence-electron chi connectivity index (χ4n) is 7.73. The van der Waals surface area contributed by atoms with Crippen molar-refractivity contribution in [3.8, 4) is 12.3 Å². The van der Waals surface area contributed by atoms with Gasteiger partial charge in [0.25, 0.3) is 5.91 Å². The van der Waals surface area contributed by atoms with E-state index in [1.165, 1.54) is 18.9 Å². The third-order valence-electron chi connectivity index (χ3n) is 11.1. The van der Waals surface area contributed by atoms with Gasteiger partial charge in [0.1, 0.15) is 6.04 Å². The number of carbonyl (C=O) groups excluding carboxylic acids is 3. The molecular weight excluding hydrogens is 578 g/mol. The van der Waals surface area contributed by atoms with Gasteiger partial charge in [0.05, 0.1) is 36.8 Å². The summed E-state index contributed by atoms with van der Waals surface area (Å²) in [6.45, 7) is 18.0. The van der Waals surface area contributed by atoms with Crippen LogP contribution in [0, 0.1) is 23.0 Å². The molecular formula is C37H61N5O4. The number of hydrogen-bond donors (Lipinski definition) is 3. The summed E-state index contributed by atoms with van der Waals surface area (Å²) >= 11 is 0. The zero-order chi connectivity index (χ0) is 34.2. The van der Waals surface area contributed by atoms with Crippen molar-refractivity contribution < 1.29 is 19.0 Å². The second-order valence-electron chi connectivity index (χ2n) is 15.6. The molecule has 1 heterocycles. The molecule has 0 bridgehead atoms. The number of carbonyl (C=O) groups is 3. The Morgan fingerprint density at radius 3 is 2.26 bits per heavy atom.